The number of imide groups is 1. The molecule has 0 bridgehead atoms. The van der Waals surface area contributed by atoms with E-state index < -0.39 is 16.1 Å². The fourth-order valence-electron chi connectivity index (χ4n) is 4.71. The molecule has 0 radical (unpaired) electrons. The Morgan fingerprint density at radius 1 is 0.972 bits per heavy atom. The van der Waals surface area contributed by atoms with Crippen LogP contribution in [-0.2, 0) is 31.0 Å². The number of nitrogens with one attached hydrogen (secondary N) is 2. The standard InChI is InChI=1S/C26H31N3O6S/c1-18-7-13-21(14-8-18)36(33,34)28-26(32)27-20-11-9-19(10-12-20)17-35-16-4-15-29-24(30)22-5-2-3-6-23(22)25(29)31/h7-14,22-23H,2-6,15-17H2,1H3,(H2,27,28,32). The van der Waals surface area contributed by atoms with Gasteiger partial charge in [0.2, 0.25) is 11.8 Å². The van der Waals surface area contributed by atoms with Crippen molar-refractivity contribution in [2.75, 3.05) is 18.5 Å². The van der Waals surface area contributed by atoms with Crippen molar-refractivity contribution in [3.05, 3.63) is 59.7 Å². The van der Waals surface area contributed by atoms with Crippen molar-refractivity contribution in [3.8, 4) is 0 Å². The van der Waals surface area contributed by atoms with E-state index >= 15 is 0 Å². The van der Waals surface area contributed by atoms with Crippen LogP contribution in [0.3, 0.4) is 0 Å². The molecule has 1 heterocycles. The normalized spacial score (nSPS) is 19.8. The van der Waals surface area contributed by atoms with E-state index in [9.17, 15) is 22.8 Å². The van der Waals surface area contributed by atoms with Crippen LogP contribution in [0.15, 0.2) is 53.4 Å². The third-order valence-electron chi connectivity index (χ3n) is 6.64. The highest BCUT2D eigenvalue weighted by Crippen LogP contribution is 2.37. The molecule has 2 unspecified atom stereocenters. The molecule has 4 rings (SSSR count). The molecular weight excluding hydrogens is 482 g/mol. The first kappa shape index (κ1) is 25.8. The van der Waals surface area contributed by atoms with Gasteiger partial charge in [0.1, 0.15) is 0 Å². The molecule has 0 spiro atoms. The zero-order chi connectivity index (χ0) is 25.7. The van der Waals surface area contributed by atoms with E-state index in [2.05, 4.69) is 5.32 Å². The molecule has 1 saturated heterocycles. The number of ether oxygens (including phenoxy) is 1. The molecule has 2 aromatic carbocycles. The Kier molecular flexibility index (Phi) is 8.05. The van der Waals surface area contributed by atoms with Crippen LogP contribution in [0.1, 0.15) is 43.2 Å². The number of amides is 4. The van der Waals surface area contributed by atoms with Gasteiger partial charge in [-0.1, -0.05) is 42.7 Å². The maximum Gasteiger partial charge on any atom is 0.333 e. The molecule has 2 fully saturated rings. The zero-order valence-corrected chi connectivity index (χ0v) is 21.1. The first-order chi connectivity index (χ1) is 17.2. The minimum atomic E-state index is -3.97. The lowest BCUT2D eigenvalue weighted by atomic mass is 9.81. The Hall–Kier alpha value is -3.24. The second-order valence-electron chi connectivity index (χ2n) is 9.30. The lowest BCUT2D eigenvalue weighted by Gasteiger charge is -2.19. The average Bonchev–Trinajstić information content (AvgIpc) is 3.09. The van der Waals surface area contributed by atoms with Gasteiger partial charge in [-0.05, 0) is 56.0 Å². The highest BCUT2D eigenvalue weighted by molar-refractivity contribution is 7.90. The minimum Gasteiger partial charge on any atom is -0.377 e. The van der Waals surface area contributed by atoms with Crippen molar-refractivity contribution < 1.29 is 27.5 Å². The number of aryl methyl sites for hydroxylation is 1. The van der Waals surface area contributed by atoms with E-state index in [4.69, 9.17) is 4.74 Å². The fourth-order valence-corrected chi connectivity index (χ4v) is 5.61. The quantitative estimate of drug-likeness (QED) is 0.390. The number of rotatable bonds is 9. The summed E-state index contributed by atoms with van der Waals surface area (Å²) in [5, 5.41) is 2.50. The van der Waals surface area contributed by atoms with Crippen LogP contribution >= 0.6 is 0 Å². The summed E-state index contributed by atoms with van der Waals surface area (Å²) >= 11 is 0. The van der Waals surface area contributed by atoms with Gasteiger partial charge in [0.05, 0.1) is 23.3 Å². The van der Waals surface area contributed by atoms with Gasteiger partial charge in [-0.2, -0.15) is 0 Å². The van der Waals surface area contributed by atoms with Crippen LogP contribution < -0.4 is 10.0 Å². The first-order valence-corrected chi connectivity index (χ1v) is 13.7. The number of benzene rings is 2. The topological polar surface area (TPSA) is 122 Å². The van der Waals surface area contributed by atoms with Crippen molar-refractivity contribution in [1.82, 2.24) is 9.62 Å². The second kappa shape index (κ2) is 11.2. The summed E-state index contributed by atoms with van der Waals surface area (Å²) in [6.07, 6.45) is 4.24. The zero-order valence-electron chi connectivity index (χ0n) is 20.2. The van der Waals surface area contributed by atoms with Crippen molar-refractivity contribution in [1.29, 1.82) is 0 Å². The molecule has 1 saturated carbocycles. The Morgan fingerprint density at radius 2 is 1.58 bits per heavy atom. The molecule has 4 amide bonds. The molecular formula is C26H31N3O6S. The number of nitrogens with zero attached hydrogens (tertiary/aromatic N) is 1. The Morgan fingerprint density at radius 3 is 2.19 bits per heavy atom. The largest absolute Gasteiger partial charge is 0.377 e. The molecule has 1 aliphatic heterocycles. The van der Waals surface area contributed by atoms with Crippen LogP contribution in [0.4, 0.5) is 10.5 Å². The lowest BCUT2D eigenvalue weighted by molar-refractivity contribution is -0.140. The minimum absolute atomic E-state index is 0.00700. The number of anilines is 1. The van der Waals surface area contributed by atoms with Crippen molar-refractivity contribution >= 4 is 33.6 Å². The number of carbonyl (C=O) groups excluding carboxylic acids is 3. The van der Waals surface area contributed by atoms with Crippen LogP contribution in [-0.4, -0.2) is 44.3 Å². The summed E-state index contributed by atoms with van der Waals surface area (Å²) in [5.41, 5.74) is 2.21. The summed E-state index contributed by atoms with van der Waals surface area (Å²) in [7, 11) is -3.97. The number of carbonyl (C=O) groups is 3. The Bertz CT molecular complexity index is 1190. The third kappa shape index (κ3) is 6.11. The number of sulfonamides is 1. The first-order valence-electron chi connectivity index (χ1n) is 12.2. The predicted octanol–water partition coefficient (Wildman–Crippen LogP) is 3.59. The highest BCUT2D eigenvalue weighted by Gasteiger charge is 2.47. The monoisotopic (exact) mass is 513 g/mol. The van der Waals surface area contributed by atoms with Gasteiger partial charge in [-0.25, -0.2) is 17.9 Å². The molecule has 36 heavy (non-hydrogen) atoms. The van der Waals surface area contributed by atoms with Crippen molar-refractivity contribution in [3.63, 3.8) is 0 Å². The number of hydrogen-bond acceptors (Lipinski definition) is 6. The smallest absolute Gasteiger partial charge is 0.333 e. The van der Waals surface area contributed by atoms with Crippen LogP contribution in [0.2, 0.25) is 0 Å². The van der Waals surface area contributed by atoms with Crippen molar-refractivity contribution in [2.24, 2.45) is 11.8 Å². The lowest BCUT2D eigenvalue weighted by Crippen LogP contribution is -2.34. The fraction of sp³-hybridized carbons (Fsp3) is 0.423. The Balaban J connectivity index is 1.18. The van der Waals surface area contributed by atoms with Crippen molar-refractivity contribution in [2.45, 2.75) is 50.5 Å². The molecule has 10 heteroatoms. The highest BCUT2D eigenvalue weighted by atomic mass is 32.2. The molecule has 0 aromatic heterocycles. The van der Waals surface area contributed by atoms with Gasteiger partial charge in [-0.3, -0.25) is 14.5 Å². The Labute approximate surface area is 211 Å². The number of likely N-dealkylation sites (tertiary alicyclic amines) is 1. The predicted molar refractivity (Wildman–Crippen MR) is 133 cm³/mol. The molecule has 2 aromatic rings. The summed E-state index contributed by atoms with van der Waals surface area (Å²) < 4.78 is 32.3. The van der Waals surface area contributed by atoms with E-state index in [1.807, 2.05) is 11.6 Å². The van der Waals surface area contributed by atoms with E-state index in [1.165, 1.54) is 17.0 Å². The summed E-state index contributed by atoms with van der Waals surface area (Å²) in [5.74, 6) is -0.292. The summed E-state index contributed by atoms with van der Waals surface area (Å²) in [6.45, 7) is 2.97. The number of hydrogen-bond donors (Lipinski definition) is 2. The SMILES string of the molecule is Cc1ccc(S(=O)(=O)NC(=O)Nc2ccc(COCCCN3C(=O)C4CCCCC4C3=O)cc2)cc1. The maximum absolute atomic E-state index is 12.5. The molecule has 2 N–H and O–H groups in total. The average molecular weight is 514 g/mol. The summed E-state index contributed by atoms with van der Waals surface area (Å²) in [6, 6.07) is 12.2. The third-order valence-corrected chi connectivity index (χ3v) is 7.99. The van der Waals surface area contributed by atoms with Gasteiger partial charge in [0.15, 0.2) is 0 Å². The summed E-state index contributed by atoms with van der Waals surface area (Å²) in [4.78, 5) is 38.6. The second-order valence-corrected chi connectivity index (χ2v) is 11.0. The number of fused-ring (bicyclic) bond motifs is 1. The van der Waals surface area contributed by atoms with Crippen LogP contribution in [0.25, 0.3) is 0 Å². The molecule has 192 valence electrons. The molecule has 1 aliphatic carbocycles. The van der Waals surface area contributed by atoms with Gasteiger partial charge in [0.25, 0.3) is 10.0 Å². The maximum atomic E-state index is 12.5. The molecule has 2 atom stereocenters. The van der Waals surface area contributed by atoms with E-state index in [0.717, 1.165) is 36.8 Å². The molecule has 2 aliphatic rings. The van der Waals surface area contributed by atoms with Crippen LogP contribution in [0.5, 0.6) is 0 Å². The van der Waals surface area contributed by atoms with Gasteiger partial charge in [0, 0.05) is 18.8 Å². The van der Waals surface area contributed by atoms with E-state index in [-0.39, 0.29) is 28.5 Å². The molecule has 9 nitrogen and oxygen atoms in total. The number of urea groups is 1. The van der Waals surface area contributed by atoms with E-state index in [0.29, 0.717) is 31.9 Å². The van der Waals surface area contributed by atoms with Gasteiger partial charge in [-0.15, -0.1) is 0 Å². The van der Waals surface area contributed by atoms with Gasteiger partial charge >= 0.3 is 6.03 Å². The van der Waals surface area contributed by atoms with Gasteiger partial charge < -0.3 is 10.1 Å². The van der Waals surface area contributed by atoms with E-state index in [1.54, 1.807) is 36.4 Å². The van der Waals surface area contributed by atoms with Crippen LogP contribution in [0, 0.1) is 18.8 Å².